The molecule has 3 N–H and O–H groups in total. The average molecular weight is 394 g/mol. The van der Waals surface area contributed by atoms with Crippen LogP contribution in [0.3, 0.4) is 0 Å². The second-order valence-corrected chi connectivity index (χ2v) is 5.35. The number of hydrogen-bond donors (Lipinski definition) is 2. The molecule has 0 saturated heterocycles. The van der Waals surface area contributed by atoms with E-state index in [0.717, 1.165) is 24.5 Å². The SMILES string of the molecule is CCCNC(N)=NCC1(c2ccc(Cl)cc2)CC1.I. The number of benzene rings is 1. The summed E-state index contributed by atoms with van der Waals surface area (Å²) in [7, 11) is 0. The molecule has 0 heterocycles. The molecule has 1 aromatic carbocycles. The van der Waals surface area contributed by atoms with Gasteiger partial charge in [0.2, 0.25) is 0 Å². The molecule has 0 aliphatic heterocycles. The summed E-state index contributed by atoms with van der Waals surface area (Å²) >= 11 is 5.91. The maximum Gasteiger partial charge on any atom is 0.188 e. The average Bonchev–Trinajstić information content (AvgIpc) is 3.16. The van der Waals surface area contributed by atoms with Crippen LogP contribution in [0.1, 0.15) is 31.7 Å². The van der Waals surface area contributed by atoms with Crippen LogP contribution in [0.15, 0.2) is 29.3 Å². The summed E-state index contributed by atoms with van der Waals surface area (Å²) in [6, 6.07) is 8.08. The predicted octanol–water partition coefficient (Wildman–Crippen LogP) is 3.30. The van der Waals surface area contributed by atoms with Gasteiger partial charge in [-0.15, -0.1) is 24.0 Å². The minimum Gasteiger partial charge on any atom is -0.370 e. The topological polar surface area (TPSA) is 50.4 Å². The van der Waals surface area contributed by atoms with Crippen molar-refractivity contribution in [1.82, 2.24) is 5.32 Å². The van der Waals surface area contributed by atoms with E-state index in [-0.39, 0.29) is 29.4 Å². The highest BCUT2D eigenvalue weighted by atomic mass is 127. The highest BCUT2D eigenvalue weighted by molar-refractivity contribution is 14.0. The third-order valence-electron chi connectivity index (χ3n) is 3.42. The second-order valence-electron chi connectivity index (χ2n) is 4.92. The van der Waals surface area contributed by atoms with Crippen LogP contribution in [-0.2, 0) is 5.41 Å². The third-order valence-corrected chi connectivity index (χ3v) is 3.67. The van der Waals surface area contributed by atoms with Gasteiger partial charge in [-0.1, -0.05) is 30.7 Å². The van der Waals surface area contributed by atoms with Crippen LogP contribution in [0.2, 0.25) is 5.02 Å². The van der Waals surface area contributed by atoms with Crippen molar-refractivity contribution in [3.63, 3.8) is 0 Å². The zero-order chi connectivity index (χ0) is 13.0. The number of guanidine groups is 1. The first kappa shape index (κ1) is 16.6. The molecule has 5 heteroatoms. The Morgan fingerprint density at radius 1 is 1.37 bits per heavy atom. The minimum absolute atomic E-state index is 0. The molecule has 0 amide bonds. The smallest absolute Gasteiger partial charge is 0.188 e. The molecule has 1 aromatic rings. The zero-order valence-corrected chi connectivity index (χ0v) is 14.2. The van der Waals surface area contributed by atoms with E-state index in [4.69, 9.17) is 17.3 Å². The van der Waals surface area contributed by atoms with Crippen molar-refractivity contribution in [2.24, 2.45) is 10.7 Å². The number of nitrogens with two attached hydrogens (primary N) is 1. The van der Waals surface area contributed by atoms with E-state index in [1.54, 1.807) is 0 Å². The van der Waals surface area contributed by atoms with Crippen LogP contribution in [0.5, 0.6) is 0 Å². The van der Waals surface area contributed by atoms with Gasteiger partial charge in [0.1, 0.15) is 0 Å². The lowest BCUT2D eigenvalue weighted by atomic mass is 9.96. The van der Waals surface area contributed by atoms with Crippen LogP contribution in [0.25, 0.3) is 0 Å². The van der Waals surface area contributed by atoms with Gasteiger partial charge >= 0.3 is 0 Å². The minimum atomic E-state index is 0. The highest BCUT2D eigenvalue weighted by Gasteiger charge is 2.43. The van der Waals surface area contributed by atoms with Crippen LogP contribution >= 0.6 is 35.6 Å². The van der Waals surface area contributed by atoms with E-state index in [2.05, 4.69) is 29.4 Å². The summed E-state index contributed by atoms with van der Waals surface area (Å²) < 4.78 is 0. The quantitative estimate of drug-likeness (QED) is 0.458. The van der Waals surface area contributed by atoms with Gasteiger partial charge in [-0.2, -0.15) is 0 Å². The summed E-state index contributed by atoms with van der Waals surface area (Å²) in [6.07, 6.45) is 3.41. The molecule has 0 unspecified atom stereocenters. The molecule has 106 valence electrons. The fourth-order valence-electron chi connectivity index (χ4n) is 2.04. The van der Waals surface area contributed by atoms with Crippen molar-refractivity contribution in [2.45, 2.75) is 31.6 Å². The summed E-state index contributed by atoms with van der Waals surface area (Å²) in [6.45, 7) is 3.75. The monoisotopic (exact) mass is 393 g/mol. The Labute approximate surface area is 137 Å². The first-order valence-electron chi connectivity index (χ1n) is 6.46. The highest BCUT2D eigenvalue weighted by Crippen LogP contribution is 2.48. The maximum absolute atomic E-state index is 5.91. The predicted molar refractivity (Wildman–Crippen MR) is 92.6 cm³/mol. The molecule has 0 radical (unpaired) electrons. The first-order valence-corrected chi connectivity index (χ1v) is 6.84. The van der Waals surface area contributed by atoms with Gasteiger partial charge < -0.3 is 11.1 Å². The molecule has 1 fully saturated rings. The summed E-state index contributed by atoms with van der Waals surface area (Å²) in [4.78, 5) is 4.44. The number of hydrogen-bond acceptors (Lipinski definition) is 1. The van der Waals surface area contributed by atoms with Gasteiger partial charge in [-0.3, -0.25) is 4.99 Å². The summed E-state index contributed by atoms with van der Waals surface area (Å²) in [5.41, 5.74) is 7.33. The Bertz CT molecular complexity index is 427. The second kappa shape index (κ2) is 7.33. The van der Waals surface area contributed by atoms with Crippen LogP contribution < -0.4 is 11.1 Å². The van der Waals surface area contributed by atoms with Gasteiger partial charge in [0.05, 0.1) is 6.54 Å². The van der Waals surface area contributed by atoms with Crippen molar-refractivity contribution >= 4 is 41.5 Å². The molecular formula is C14H21ClIN3. The van der Waals surface area contributed by atoms with Gasteiger partial charge in [0.25, 0.3) is 0 Å². The Hall–Kier alpha value is -0.490. The Kier molecular flexibility index (Phi) is 6.39. The van der Waals surface area contributed by atoms with E-state index in [9.17, 15) is 0 Å². The number of nitrogens with one attached hydrogen (secondary N) is 1. The van der Waals surface area contributed by atoms with Crippen molar-refractivity contribution < 1.29 is 0 Å². The lowest BCUT2D eigenvalue weighted by Gasteiger charge is -2.13. The van der Waals surface area contributed by atoms with E-state index < -0.39 is 0 Å². The third kappa shape index (κ3) is 4.53. The fraction of sp³-hybridized carbons (Fsp3) is 0.500. The largest absolute Gasteiger partial charge is 0.370 e. The molecule has 0 atom stereocenters. The molecule has 0 aromatic heterocycles. The normalized spacial score (nSPS) is 16.6. The fourth-order valence-corrected chi connectivity index (χ4v) is 2.16. The van der Waals surface area contributed by atoms with E-state index in [1.807, 2.05) is 12.1 Å². The van der Waals surface area contributed by atoms with E-state index in [1.165, 1.54) is 18.4 Å². The van der Waals surface area contributed by atoms with E-state index in [0.29, 0.717) is 5.96 Å². The van der Waals surface area contributed by atoms with Crippen molar-refractivity contribution in [1.29, 1.82) is 0 Å². The standard InChI is InChI=1S/C14H20ClN3.HI/c1-2-9-17-13(16)18-10-14(7-8-14)11-3-5-12(15)6-4-11;/h3-6H,2,7-10H2,1H3,(H3,16,17,18);1H. The Morgan fingerprint density at radius 2 is 2.00 bits per heavy atom. The Morgan fingerprint density at radius 3 is 2.53 bits per heavy atom. The molecule has 2 rings (SSSR count). The number of aliphatic imine (C=N–C) groups is 1. The number of rotatable bonds is 5. The van der Waals surface area contributed by atoms with Gasteiger partial charge in [0.15, 0.2) is 5.96 Å². The van der Waals surface area contributed by atoms with Crippen molar-refractivity contribution in [2.75, 3.05) is 13.1 Å². The molecule has 3 nitrogen and oxygen atoms in total. The van der Waals surface area contributed by atoms with Crippen LogP contribution in [0.4, 0.5) is 0 Å². The van der Waals surface area contributed by atoms with Crippen LogP contribution in [-0.4, -0.2) is 19.0 Å². The lowest BCUT2D eigenvalue weighted by molar-refractivity contribution is 0.699. The van der Waals surface area contributed by atoms with Crippen molar-refractivity contribution in [3.8, 4) is 0 Å². The lowest BCUT2D eigenvalue weighted by Crippen LogP contribution is -2.33. The van der Waals surface area contributed by atoms with Gasteiger partial charge in [-0.25, -0.2) is 0 Å². The molecule has 19 heavy (non-hydrogen) atoms. The van der Waals surface area contributed by atoms with Crippen LogP contribution in [0, 0.1) is 0 Å². The molecule has 1 aliphatic rings. The number of nitrogens with zero attached hydrogens (tertiary/aromatic N) is 1. The molecule has 0 bridgehead atoms. The molecule has 1 saturated carbocycles. The maximum atomic E-state index is 5.91. The molecular weight excluding hydrogens is 373 g/mol. The zero-order valence-electron chi connectivity index (χ0n) is 11.2. The van der Waals surface area contributed by atoms with Gasteiger partial charge in [0, 0.05) is 17.0 Å². The Balaban J connectivity index is 0.00000180. The van der Waals surface area contributed by atoms with Crippen molar-refractivity contribution in [3.05, 3.63) is 34.9 Å². The summed E-state index contributed by atoms with van der Waals surface area (Å²) in [5, 5.41) is 3.88. The molecule has 1 aliphatic carbocycles. The van der Waals surface area contributed by atoms with Gasteiger partial charge in [-0.05, 0) is 37.0 Å². The first-order chi connectivity index (χ1) is 8.66. The number of halogens is 2. The van der Waals surface area contributed by atoms with E-state index >= 15 is 0 Å². The molecule has 0 spiro atoms. The summed E-state index contributed by atoms with van der Waals surface area (Å²) in [5.74, 6) is 0.553.